The van der Waals surface area contributed by atoms with Crippen molar-refractivity contribution in [3.63, 3.8) is 0 Å². The van der Waals surface area contributed by atoms with Crippen molar-refractivity contribution in [2.45, 2.75) is 51.0 Å². The summed E-state index contributed by atoms with van der Waals surface area (Å²) in [5.41, 5.74) is 4.68. The Labute approximate surface area is 188 Å². The highest BCUT2D eigenvalue weighted by atomic mass is 16.5. The quantitative estimate of drug-likeness (QED) is 0.459. The minimum atomic E-state index is -0.877. The minimum absolute atomic E-state index is 0.00445. The molecule has 1 atom stereocenters. The third-order valence-corrected chi connectivity index (χ3v) is 5.77. The van der Waals surface area contributed by atoms with Gasteiger partial charge in [0.2, 0.25) is 5.91 Å². The molecule has 2 aromatic carbocycles. The molecule has 2 aromatic rings. The average Bonchev–Trinajstić information content (AvgIpc) is 3.11. The molecule has 2 amide bonds. The second-order valence-electron chi connectivity index (χ2n) is 7.96. The SMILES string of the molecule is CCC(CCC(=O)NCCCC(=O)O)NC(=O)OCC1c2ccccc2-c2ccccc21. The lowest BCUT2D eigenvalue weighted by Gasteiger charge is -2.19. The summed E-state index contributed by atoms with van der Waals surface area (Å²) in [5, 5.41) is 14.2. The molecule has 32 heavy (non-hydrogen) atoms. The number of carbonyl (C=O) groups excluding carboxylic acids is 2. The summed E-state index contributed by atoms with van der Waals surface area (Å²) in [6.45, 7) is 2.53. The Morgan fingerprint density at radius 3 is 2.22 bits per heavy atom. The van der Waals surface area contributed by atoms with Gasteiger partial charge in [0.1, 0.15) is 6.61 Å². The maximum absolute atomic E-state index is 12.4. The van der Waals surface area contributed by atoms with Crippen molar-refractivity contribution < 1.29 is 24.2 Å². The fourth-order valence-electron chi connectivity index (χ4n) is 4.05. The summed E-state index contributed by atoms with van der Waals surface area (Å²) in [5.74, 6) is -1.02. The maximum atomic E-state index is 12.4. The number of fused-ring (bicyclic) bond motifs is 3. The van der Waals surface area contributed by atoms with Crippen LogP contribution >= 0.6 is 0 Å². The first-order chi connectivity index (χ1) is 15.5. The van der Waals surface area contributed by atoms with E-state index in [4.69, 9.17) is 9.84 Å². The zero-order valence-electron chi connectivity index (χ0n) is 18.3. The first-order valence-electron chi connectivity index (χ1n) is 11.1. The molecule has 0 spiro atoms. The standard InChI is InChI=1S/C25H30N2O5/c1-2-17(13-14-23(28)26-15-7-12-24(29)30)27-25(31)32-16-22-20-10-5-3-8-18(20)19-9-4-6-11-21(19)22/h3-6,8-11,17,22H,2,7,12-16H2,1H3,(H,26,28)(H,27,31)(H,29,30). The molecule has 170 valence electrons. The van der Waals surface area contributed by atoms with Crippen LogP contribution in [0.15, 0.2) is 48.5 Å². The molecule has 3 rings (SSSR count). The van der Waals surface area contributed by atoms with Crippen molar-refractivity contribution in [1.82, 2.24) is 10.6 Å². The number of carboxylic acids is 1. The molecule has 1 aliphatic carbocycles. The number of amides is 2. The molecule has 0 fully saturated rings. The van der Waals surface area contributed by atoms with Crippen LogP contribution in [0.1, 0.15) is 56.1 Å². The highest BCUT2D eigenvalue weighted by Crippen LogP contribution is 2.44. The van der Waals surface area contributed by atoms with Crippen molar-refractivity contribution in [3.8, 4) is 11.1 Å². The lowest BCUT2D eigenvalue weighted by atomic mass is 9.98. The molecule has 3 N–H and O–H groups in total. The molecular formula is C25H30N2O5. The van der Waals surface area contributed by atoms with Crippen LogP contribution in [0, 0.1) is 0 Å². The van der Waals surface area contributed by atoms with Crippen molar-refractivity contribution in [2.24, 2.45) is 0 Å². The summed E-state index contributed by atoms with van der Waals surface area (Å²) >= 11 is 0. The molecule has 0 saturated carbocycles. The number of benzene rings is 2. The van der Waals surface area contributed by atoms with Crippen LogP contribution in [0.4, 0.5) is 4.79 Å². The molecule has 0 aromatic heterocycles. The van der Waals surface area contributed by atoms with Crippen LogP contribution in [0.5, 0.6) is 0 Å². The van der Waals surface area contributed by atoms with E-state index >= 15 is 0 Å². The lowest BCUT2D eigenvalue weighted by Crippen LogP contribution is -2.36. The number of nitrogens with one attached hydrogen (secondary N) is 2. The zero-order chi connectivity index (χ0) is 22.9. The second kappa shape index (κ2) is 11.3. The Kier molecular flexibility index (Phi) is 8.25. The first kappa shape index (κ1) is 23.3. The van der Waals surface area contributed by atoms with E-state index in [2.05, 4.69) is 34.9 Å². The lowest BCUT2D eigenvalue weighted by molar-refractivity contribution is -0.137. The second-order valence-corrected chi connectivity index (χ2v) is 7.96. The van der Waals surface area contributed by atoms with Crippen LogP contribution in [0.3, 0.4) is 0 Å². The van der Waals surface area contributed by atoms with E-state index in [-0.39, 0.29) is 37.3 Å². The van der Waals surface area contributed by atoms with Crippen molar-refractivity contribution in [3.05, 3.63) is 59.7 Å². The van der Waals surface area contributed by atoms with E-state index < -0.39 is 12.1 Å². The predicted octanol–water partition coefficient (Wildman–Crippen LogP) is 4.06. The van der Waals surface area contributed by atoms with Crippen molar-refractivity contribution in [1.29, 1.82) is 0 Å². The average molecular weight is 439 g/mol. The highest BCUT2D eigenvalue weighted by Gasteiger charge is 2.29. The summed E-state index contributed by atoms with van der Waals surface area (Å²) < 4.78 is 5.57. The molecular weight excluding hydrogens is 408 g/mol. The predicted molar refractivity (Wildman–Crippen MR) is 121 cm³/mol. The van der Waals surface area contributed by atoms with Crippen LogP contribution in [0.2, 0.25) is 0 Å². The van der Waals surface area contributed by atoms with Gasteiger partial charge in [-0.1, -0.05) is 55.5 Å². The molecule has 7 heteroatoms. The Bertz CT molecular complexity index is 913. The van der Waals surface area contributed by atoms with E-state index in [0.29, 0.717) is 25.8 Å². The highest BCUT2D eigenvalue weighted by molar-refractivity contribution is 5.79. The molecule has 0 bridgehead atoms. The van der Waals surface area contributed by atoms with Crippen LogP contribution in [0.25, 0.3) is 11.1 Å². The van der Waals surface area contributed by atoms with E-state index in [9.17, 15) is 14.4 Å². The Hall–Kier alpha value is -3.35. The van der Waals surface area contributed by atoms with Gasteiger partial charge in [-0.2, -0.15) is 0 Å². The topological polar surface area (TPSA) is 105 Å². The van der Waals surface area contributed by atoms with Gasteiger partial charge >= 0.3 is 12.1 Å². The molecule has 1 aliphatic rings. The number of alkyl carbamates (subject to hydrolysis) is 1. The monoisotopic (exact) mass is 438 g/mol. The zero-order valence-corrected chi connectivity index (χ0v) is 18.3. The number of ether oxygens (including phenoxy) is 1. The van der Waals surface area contributed by atoms with Crippen LogP contribution < -0.4 is 10.6 Å². The normalized spacial score (nSPS) is 13.0. The summed E-state index contributed by atoms with van der Waals surface area (Å²) in [4.78, 5) is 34.8. The van der Waals surface area contributed by atoms with Gasteiger partial charge in [-0.25, -0.2) is 4.79 Å². The third-order valence-electron chi connectivity index (χ3n) is 5.77. The smallest absolute Gasteiger partial charge is 0.407 e. The van der Waals surface area contributed by atoms with Gasteiger partial charge in [-0.3, -0.25) is 9.59 Å². The largest absolute Gasteiger partial charge is 0.481 e. The summed E-state index contributed by atoms with van der Waals surface area (Å²) in [6, 6.07) is 16.2. The molecule has 1 unspecified atom stereocenters. The van der Waals surface area contributed by atoms with Gasteiger partial charge < -0.3 is 20.5 Å². The molecule has 0 saturated heterocycles. The van der Waals surface area contributed by atoms with E-state index in [1.165, 1.54) is 11.1 Å². The fraction of sp³-hybridized carbons (Fsp3) is 0.400. The first-order valence-corrected chi connectivity index (χ1v) is 11.1. The summed E-state index contributed by atoms with van der Waals surface area (Å²) in [6.07, 6.45) is 1.37. The van der Waals surface area contributed by atoms with Crippen molar-refractivity contribution in [2.75, 3.05) is 13.2 Å². The van der Waals surface area contributed by atoms with E-state index in [1.54, 1.807) is 0 Å². The van der Waals surface area contributed by atoms with Crippen molar-refractivity contribution >= 4 is 18.0 Å². The van der Waals surface area contributed by atoms with Gasteiger partial charge in [-0.05, 0) is 41.5 Å². The van der Waals surface area contributed by atoms with Gasteiger partial charge in [-0.15, -0.1) is 0 Å². The number of hydrogen-bond donors (Lipinski definition) is 3. The summed E-state index contributed by atoms with van der Waals surface area (Å²) in [7, 11) is 0. The number of hydrogen-bond acceptors (Lipinski definition) is 4. The van der Waals surface area contributed by atoms with Gasteiger partial charge in [0.05, 0.1) is 0 Å². The third kappa shape index (κ3) is 6.09. The van der Waals surface area contributed by atoms with Crippen LogP contribution in [-0.2, 0) is 14.3 Å². The van der Waals surface area contributed by atoms with Gasteiger partial charge in [0.25, 0.3) is 0 Å². The van der Waals surface area contributed by atoms with Gasteiger partial charge in [0, 0.05) is 31.3 Å². The Morgan fingerprint density at radius 2 is 1.62 bits per heavy atom. The number of rotatable bonds is 11. The van der Waals surface area contributed by atoms with Gasteiger partial charge in [0.15, 0.2) is 0 Å². The van der Waals surface area contributed by atoms with E-state index in [0.717, 1.165) is 11.1 Å². The molecule has 0 aliphatic heterocycles. The molecule has 7 nitrogen and oxygen atoms in total. The number of carboxylic acid groups (broad SMARTS) is 1. The van der Waals surface area contributed by atoms with Crippen LogP contribution in [-0.4, -0.2) is 42.3 Å². The Morgan fingerprint density at radius 1 is 1.00 bits per heavy atom. The molecule has 0 heterocycles. The maximum Gasteiger partial charge on any atom is 0.407 e. The number of carbonyl (C=O) groups is 3. The van der Waals surface area contributed by atoms with E-state index in [1.807, 2.05) is 31.2 Å². The number of aliphatic carboxylic acids is 1. The fourth-order valence-corrected chi connectivity index (χ4v) is 4.05. The minimum Gasteiger partial charge on any atom is -0.481 e. The molecule has 0 radical (unpaired) electrons. The Balaban J connectivity index is 1.46.